The van der Waals surface area contributed by atoms with Gasteiger partial charge in [-0.3, -0.25) is 4.79 Å². The number of aryl methyl sites for hydroxylation is 2. The molecule has 2 N–H and O–H groups in total. The molecule has 2 aromatic carbocycles. The summed E-state index contributed by atoms with van der Waals surface area (Å²) in [6, 6.07) is 13.4. The molecule has 3 nitrogen and oxygen atoms in total. The quantitative estimate of drug-likeness (QED) is 0.849. The number of nitrogens with two attached hydrogens (primary N) is 1. The van der Waals surface area contributed by atoms with Crippen LogP contribution in [0.5, 0.6) is 0 Å². The third-order valence-corrected chi connectivity index (χ3v) is 3.91. The van der Waals surface area contributed by atoms with Gasteiger partial charge in [0.25, 0.3) is 5.91 Å². The summed E-state index contributed by atoms with van der Waals surface area (Å²) in [5.74, 6) is 0.00491. The molecule has 2 aromatic rings. The molecule has 3 rings (SSSR count). The predicted octanol–water partition coefficient (Wildman–Crippen LogP) is 3.03. The fourth-order valence-electron chi connectivity index (χ4n) is 2.75. The highest BCUT2D eigenvalue weighted by Crippen LogP contribution is 2.24. The van der Waals surface area contributed by atoms with Crippen LogP contribution in [0.4, 0.5) is 11.4 Å². The van der Waals surface area contributed by atoms with Gasteiger partial charge in [0.05, 0.1) is 0 Å². The molecule has 0 unspecified atom stereocenters. The first-order valence-electron chi connectivity index (χ1n) is 6.90. The average Bonchev–Trinajstić information content (AvgIpc) is 2.93. The van der Waals surface area contributed by atoms with Crippen LogP contribution in [0, 0.1) is 0 Å². The van der Waals surface area contributed by atoms with Gasteiger partial charge in [0.15, 0.2) is 0 Å². The molecule has 0 atom stereocenters. The third-order valence-electron chi connectivity index (χ3n) is 3.91. The lowest BCUT2D eigenvalue weighted by molar-refractivity contribution is 0.0993. The number of fused-ring (bicyclic) bond motifs is 1. The summed E-state index contributed by atoms with van der Waals surface area (Å²) in [5, 5.41) is 0. The number of hydrogen-bond donors (Lipinski definition) is 1. The van der Waals surface area contributed by atoms with Crippen LogP contribution < -0.4 is 10.6 Å². The monoisotopic (exact) mass is 266 g/mol. The lowest BCUT2D eigenvalue weighted by Crippen LogP contribution is -2.26. The highest BCUT2D eigenvalue weighted by Gasteiger charge is 2.17. The minimum absolute atomic E-state index is 0.00491. The molecule has 102 valence electrons. The van der Waals surface area contributed by atoms with E-state index in [1.807, 2.05) is 36.4 Å². The highest BCUT2D eigenvalue weighted by molar-refractivity contribution is 6.06. The van der Waals surface area contributed by atoms with Crippen LogP contribution in [0.3, 0.4) is 0 Å². The molecule has 0 bridgehead atoms. The van der Waals surface area contributed by atoms with Gasteiger partial charge >= 0.3 is 0 Å². The Morgan fingerprint density at radius 1 is 1.10 bits per heavy atom. The minimum atomic E-state index is 0.00491. The Morgan fingerprint density at radius 3 is 2.70 bits per heavy atom. The topological polar surface area (TPSA) is 46.3 Å². The largest absolute Gasteiger partial charge is 0.399 e. The molecule has 0 aromatic heterocycles. The van der Waals surface area contributed by atoms with Crippen molar-refractivity contribution in [3.63, 3.8) is 0 Å². The molecular weight excluding hydrogens is 248 g/mol. The standard InChI is InChI=1S/C17H18N2O/c1-19(16-7-3-6-15(18)11-16)17(20)14-9-8-12-4-2-5-13(12)10-14/h3,6-11H,2,4-5,18H2,1H3. The Bertz CT molecular complexity index is 664. The SMILES string of the molecule is CN(C(=O)c1ccc2c(c1)CCC2)c1cccc(N)c1. The number of hydrogen-bond acceptors (Lipinski definition) is 2. The van der Waals surface area contributed by atoms with Crippen molar-refractivity contribution in [2.24, 2.45) is 0 Å². The first-order valence-corrected chi connectivity index (χ1v) is 6.90. The molecule has 0 aliphatic heterocycles. The van der Waals surface area contributed by atoms with E-state index in [1.54, 1.807) is 11.9 Å². The summed E-state index contributed by atoms with van der Waals surface area (Å²) in [6.45, 7) is 0. The minimum Gasteiger partial charge on any atom is -0.399 e. The number of rotatable bonds is 2. The molecule has 3 heteroatoms. The summed E-state index contributed by atoms with van der Waals surface area (Å²) in [6.07, 6.45) is 3.41. The second-order valence-corrected chi connectivity index (χ2v) is 5.30. The summed E-state index contributed by atoms with van der Waals surface area (Å²) >= 11 is 0. The zero-order valence-electron chi connectivity index (χ0n) is 11.6. The van der Waals surface area contributed by atoms with Gasteiger partial charge in [0.1, 0.15) is 0 Å². The van der Waals surface area contributed by atoms with Gasteiger partial charge in [0, 0.05) is 24.0 Å². The van der Waals surface area contributed by atoms with E-state index in [-0.39, 0.29) is 5.91 Å². The number of carbonyl (C=O) groups excluding carboxylic acids is 1. The summed E-state index contributed by atoms with van der Waals surface area (Å²) in [5.41, 5.74) is 10.7. The van der Waals surface area contributed by atoms with E-state index in [0.717, 1.165) is 24.1 Å². The van der Waals surface area contributed by atoms with Crippen LogP contribution in [0.25, 0.3) is 0 Å². The fourth-order valence-corrected chi connectivity index (χ4v) is 2.75. The molecule has 1 aliphatic carbocycles. The normalized spacial score (nSPS) is 13.1. The van der Waals surface area contributed by atoms with Crippen LogP contribution in [0.15, 0.2) is 42.5 Å². The smallest absolute Gasteiger partial charge is 0.258 e. The van der Waals surface area contributed by atoms with Crippen molar-refractivity contribution >= 4 is 17.3 Å². The van der Waals surface area contributed by atoms with E-state index in [1.165, 1.54) is 17.5 Å². The van der Waals surface area contributed by atoms with E-state index in [2.05, 4.69) is 6.07 Å². The molecule has 0 saturated heterocycles. The van der Waals surface area contributed by atoms with E-state index < -0.39 is 0 Å². The van der Waals surface area contributed by atoms with Gasteiger partial charge in [-0.05, 0) is 60.7 Å². The van der Waals surface area contributed by atoms with Gasteiger partial charge < -0.3 is 10.6 Å². The van der Waals surface area contributed by atoms with E-state index in [4.69, 9.17) is 5.73 Å². The van der Waals surface area contributed by atoms with Crippen LogP contribution in [-0.4, -0.2) is 13.0 Å². The maximum Gasteiger partial charge on any atom is 0.258 e. The van der Waals surface area contributed by atoms with Crippen LogP contribution >= 0.6 is 0 Å². The second kappa shape index (κ2) is 5.00. The lowest BCUT2D eigenvalue weighted by atomic mass is 10.1. The first-order chi connectivity index (χ1) is 9.65. The van der Waals surface area contributed by atoms with Crippen molar-refractivity contribution in [3.05, 3.63) is 59.2 Å². The van der Waals surface area contributed by atoms with Gasteiger partial charge in [-0.15, -0.1) is 0 Å². The van der Waals surface area contributed by atoms with Crippen molar-refractivity contribution in [1.82, 2.24) is 0 Å². The van der Waals surface area contributed by atoms with Gasteiger partial charge in [-0.1, -0.05) is 12.1 Å². The number of amides is 1. The predicted molar refractivity (Wildman–Crippen MR) is 82.1 cm³/mol. The molecule has 1 amide bonds. The molecule has 0 radical (unpaired) electrons. The Kier molecular flexibility index (Phi) is 3.18. The van der Waals surface area contributed by atoms with Crippen LogP contribution in [-0.2, 0) is 12.8 Å². The van der Waals surface area contributed by atoms with Crippen molar-refractivity contribution < 1.29 is 4.79 Å². The average molecular weight is 266 g/mol. The molecule has 0 fully saturated rings. The summed E-state index contributed by atoms with van der Waals surface area (Å²) in [4.78, 5) is 14.2. The number of anilines is 2. The van der Waals surface area contributed by atoms with E-state index in [0.29, 0.717) is 5.69 Å². The molecule has 20 heavy (non-hydrogen) atoms. The Labute approximate surface area is 119 Å². The number of benzene rings is 2. The van der Waals surface area contributed by atoms with Crippen LogP contribution in [0.1, 0.15) is 27.9 Å². The molecule has 0 spiro atoms. The van der Waals surface area contributed by atoms with Gasteiger partial charge in [-0.25, -0.2) is 0 Å². The Balaban J connectivity index is 1.88. The van der Waals surface area contributed by atoms with Crippen LogP contribution in [0.2, 0.25) is 0 Å². The van der Waals surface area contributed by atoms with Crippen molar-refractivity contribution in [2.45, 2.75) is 19.3 Å². The Morgan fingerprint density at radius 2 is 1.90 bits per heavy atom. The number of carbonyl (C=O) groups is 1. The third kappa shape index (κ3) is 2.27. The maximum atomic E-state index is 12.5. The van der Waals surface area contributed by atoms with E-state index in [9.17, 15) is 4.79 Å². The van der Waals surface area contributed by atoms with Crippen molar-refractivity contribution in [3.8, 4) is 0 Å². The van der Waals surface area contributed by atoms with Gasteiger partial charge in [0.2, 0.25) is 0 Å². The second-order valence-electron chi connectivity index (χ2n) is 5.30. The molecule has 1 aliphatic rings. The molecule has 0 saturated carbocycles. The fraction of sp³-hybridized carbons (Fsp3) is 0.235. The van der Waals surface area contributed by atoms with E-state index >= 15 is 0 Å². The number of nitrogen functional groups attached to an aromatic ring is 1. The molecular formula is C17H18N2O. The Hall–Kier alpha value is -2.29. The highest BCUT2D eigenvalue weighted by atomic mass is 16.2. The number of nitrogens with zero attached hydrogens (tertiary/aromatic N) is 1. The van der Waals surface area contributed by atoms with Gasteiger partial charge in [-0.2, -0.15) is 0 Å². The first kappa shape index (κ1) is 12.7. The zero-order chi connectivity index (χ0) is 14.1. The van der Waals surface area contributed by atoms with Crippen molar-refractivity contribution in [1.29, 1.82) is 0 Å². The van der Waals surface area contributed by atoms with Crippen molar-refractivity contribution in [2.75, 3.05) is 17.7 Å². The zero-order valence-corrected chi connectivity index (χ0v) is 11.6. The molecule has 0 heterocycles. The maximum absolute atomic E-state index is 12.5. The summed E-state index contributed by atoms with van der Waals surface area (Å²) < 4.78 is 0. The lowest BCUT2D eigenvalue weighted by Gasteiger charge is -2.18. The summed E-state index contributed by atoms with van der Waals surface area (Å²) in [7, 11) is 1.78.